The highest BCUT2D eigenvalue weighted by molar-refractivity contribution is 7.89. The van der Waals surface area contributed by atoms with Crippen LogP contribution in [0.2, 0.25) is 0 Å². The van der Waals surface area contributed by atoms with Crippen LogP contribution >= 0.6 is 0 Å². The molecule has 8 nitrogen and oxygen atoms in total. The normalized spacial score (nSPS) is 24.6. The summed E-state index contributed by atoms with van der Waals surface area (Å²) in [6.07, 6.45) is -1.01. The van der Waals surface area contributed by atoms with E-state index < -0.39 is 34.2 Å². The maximum Gasteiger partial charge on any atom is 0.344 e. The van der Waals surface area contributed by atoms with Gasteiger partial charge in [0, 0.05) is 17.9 Å². The second-order valence-electron chi connectivity index (χ2n) is 7.21. The van der Waals surface area contributed by atoms with Crippen molar-refractivity contribution in [1.82, 2.24) is 4.72 Å². The molecular weight excluding hydrogens is 410 g/mol. The van der Waals surface area contributed by atoms with Gasteiger partial charge < -0.3 is 19.3 Å². The minimum Gasteiger partial charge on any atom is -0.485 e. The van der Waals surface area contributed by atoms with E-state index in [0.717, 1.165) is 5.56 Å². The summed E-state index contributed by atoms with van der Waals surface area (Å²) in [5.74, 6) is -0.0152. The first-order valence-electron chi connectivity index (χ1n) is 9.74. The fourth-order valence-electron chi connectivity index (χ4n) is 4.04. The number of hydrogen-bond donors (Lipinski definition) is 2. The highest BCUT2D eigenvalue weighted by atomic mass is 32.2. The van der Waals surface area contributed by atoms with Crippen LogP contribution in [0.3, 0.4) is 0 Å². The van der Waals surface area contributed by atoms with Crippen molar-refractivity contribution >= 4 is 16.0 Å². The molecule has 2 aromatic rings. The Morgan fingerprint density at radius 2 is 1.97 bits per heavy atom. The van der Waals surface area contributed by atoms with Crippen molar-refractivity contribution in [3.8, 4) is 11.5 Å². The topological polar surface area (TPSA) is 111 Å². The molecule has 1 heterocycles. The molecule has 4 unspecified atom stereocenters. The Hall–Kier alpha value is -2.62. The first-order chi connectivity index (χ1) is 14.4. The predicted octanol–water partition coefficient (Wildman–Crippen LogP) is 1.58. The lowest BCUT2D eigenvalue weighted by molar-refractivity contribution is -0.145. The van der Waals surface area contributed by atoms with E-state index in [1.807, 2.05) is 6.07 Å². The summed E-state index contributed by atoms with van der Waals surface area (Å²) in [5, 5.41) is 10.5. The summed E-state index contributed by atoms with van der Waals surface area (Å²) >= 11 is 0. The summed E-state index contributed by atoms with van der Waals surface area (Å²) in [6.45, 7) is 1.72. The lowest BCUT2D eigenvalue weighted by Gasteiger charge is -2.22. The highest BCUT2D eigenvalue weighted by Crippen LogP contribution is 2.51. The van der Waals surface area contributed by atoms with Gasteiger partial charge in [0.2, 0.25) is 10.0 Å². The summed E-state index contributed by atoms with van der Waals surface area (Å²) in [6, 6.07) is 12.5. The molecule has 0 bridgehead atoms. The number of fused-ring (bicyclic) bond motifs is 3. The zero-order valence-electron chi connectivity index (χ0n) is 16.4. The van der Waals surface area contributed by atoms with Gasteiger partial charge in [-0.05, 0) is 25.1 Å². The molecule has 30 heavy (non-hydrogen) atoms. The molecule has 160 valence electrons. The van der Waals surface area contributed by atoms with E-state index in [2.05, 4.69) is 4.72 Å². The molecule has 4 atom stereocenters. The molecule has 2 aliphatic rings. The van der Waals surface area contributed by atoms with Gasteiger partial charge >= 0.3 is 5.97 Å². The van der Waals surface area contributed by atoms with Gasteiger partial charge in [0.05, 0.1) is 23.6 Å². The molecule has 0 spiro atoms. The summed E-state index contributed by atoms with van der Waals surface area (Å²) in [4.78, 5) is 11.7. The first kappa shape index (κ1) is 20.6. The zero-order valence-corrected chi connectivity index (χ0v) is 17.2. The fourth-order valence-corrected chi connectivity index (χ4v) is 5.35. The van der Waals surface area contributed by atoms with E-state index in [9.17, 15) is 18.3 Å². The maximum atomic E-state index is 12.8. The average Bonchev–Trinajstić information content (AvgIpc) is 3.23. The number of nitrogens with one attached hydrogen (secondary N) is 1. The number of para-hydroxylation sites is 1. The number of benzene rings is 2. The van der Waals surface area contributed by atoms with Crippen LogP contribution in [0.1, 0.15) is 24.8 Å². The van der Waals surface area contributed by atoms with Crippen molar-refractivity contribution in [2.24, 2.45) is 0 Å². The number of aliphatic hydroxyl groups excluding tert-OH is 1. The standard InChI is InChI=1S/C21H23NO7S/c1-2-27-18(24)12-28-16-10-6-9-14-19-17(29-21(14)16)11-15(23)20(19)22-30(25,26)13-7-4-3-5-8-13/h3-10,15,17,19-20,22-23H,2,11-12H2,1H3. The van der Waals surface area contributed by atoms with Gasteiger partial charge in [-0.2, -0.15) is 0 Å². The molecule has 0 amide bonds. The number of carbonyl (C=O) groups is 1. The Morgan fingerprint density at radius 1 is 1.20 bits per heavy atom. The third-order valence-electron chi connectivity index (χ3n) is 5.31. The molecule has 0 saturated heterocycles. The average molecular weight is 433 g/mol. The predicted molar refractivity (Wildman–Crippen MR) is 107 cm³/mol. The molecule has 9 heteroatoms. The Morgan fingerprint density at radius 3 is 2.70 bits per heavy atom. The summed E-state index contributed by atoms with van der Waals surface area (Å²) < 4.78 is 44.7. The number of carbonyl (C=O) groups excluding carboxylic acids is 1. The second kappa shape index (κ2) is 8.25. The molecule has 1 saturated carbocycles. The third kappa shape index (κ3) is 3.88. The molecule has 2 N–H and O–H groups in total. The SMILES string of the molecule is CCOC(=O)COc1cccc2c1OC1CC(O)C(NS(=O)(=O)c3ccccc3)C21. The van der Waals surface area contributed by atoms with E-state index >= 15 is 0 Å². The Balaban J connectivity index is 1.57. The van der Waals surface area contributed by atoms with E-state index in [4.69, 9.17) is 14.2 Å². The van der Waals surface area contributed by atoms with Gasteiger partial charge in [-0.1, -0.05) is 30.3 Å². The molecule has 1 aliphatic heterocycles. The number of aliphatic hydroxyl groups is 1. The highest BCUT2D eigenvalue weighted by Gasteiger charge is 2.51. The second-order valence-corrected chi connectivity index (χ2v) is 8.93. The van der Waals surface area contributed by atoms with Crippen LogP contribution in [0.5, 0.6) is 11.5 Å². The maximum absolute atomic E-state index is 12.8. The van der Waals surface area contributed by atoms with Crippen LogP contribution in [0.4, 0.5) is 0 Å². The minimum atomic E-state index is -3.81. The summed E-state index contributed by atoms with van der Waals surface area (Å²) in [7, 11) is -3.81. The van der Waals surface area contributed by atoms with Crippen LogP contribution in [0.25, 0.3) is 0 Å². The van der Waals surface area contributed by atoms with Crippen molar-refractivity contribution < 1.29 is 32.5 Å². The smallest absolute Gasteiger partial charge is 0.344 e. The first-order valence-corrected chi connectivity index (χ1v) is 11.2. The lowest BCUT2D eigenvalue weighted by atomic mass is 9.94. The van der Waals surface area contributed by atoms with Crippen molar-refractivity contribution in [1.29, 1.82) is 0 Å². The Labute approximate surface area is 174 Å². The van der Waals surface area contributed by atoms with E-state index in [1.165, 1.54) is 12.1 Å². The molecule has 4 rings (SSSR count). The number of hydrogen-bond acceptors (Lipinski definition) is 7. The van der Waals surface area contributed by atoms with E-state index in [-0.39, 0.29) is 30.4 Å². The van der Waals surface area contributed by atoms with Gasteiger partial charge in [-0.3, -0.25) is 0 Å². The molecule has 0 radical (unpaired) electrons. The molecule has 2 aromatic carbocycles. The number of ether oxygens (including phenoxy) is 3. The molecule has 1 aliphatic carbocycles. The van der Waals surface area contributed by atoms with Gasteiger partial charge in [0.15, 0.2) is 18.1 Å². The van der Waals surface area contributed by atoms with Gasteiger partial charge in [-0.25, -0.2) is 17.9 Å². The van der Waals surface area contributed by atoms with E-state index in [0.29, 0.717) is 11.5 Å². The number of rotatable bonds is 7. The van der Waals surface area contributed by atoms with Crippen LogP contribution in [0.15, 0.2) is 53.4 Å². The molecule has 0 aromatic heterocycles. The number of sulfonamides is 1. The molecule has 1 fully saturated rings. The van der Waals surface area contributed by atoms with Crippen LogP contribution in [-0.4, -0.2) is 51.0 Å². The van der Waals surface area contributed by atoms with Crippen molar-refractivity contribution in [2.75, 3.05) is 13.2 Å². The van der Waals surface area contributed by atoms with Crippen molar-refractivity contribution in [2.45, 2.75) is 42.4 Å². The zero-order chi connectivity index (χ0) is 21.3. The van der Waals surface area contributed by atoms with Gasteiger partial charge in [0.25, 0.3) is 0 Å². The third-order valence-corrected chi connectivity index (χ3v) is 6.78. The van der Waals surface area contributed by atoms with Crippen LogP contribution in [-0.2, 0) is 19.6 Å². The van der Waals surface area contributed by atoms with Crippen LogP contribution in [0, 0.1) is 0 Å². The quantitative estimate of drug-likeness (QED) is 0.638. The van der Waals surface area contributed by atoms with E-state index in [1.54, 1.807) is 37.3 Å². The van der Waals surface area contributed by atoms with Crippen LogP contribution < -0.4 is 14.2 Å². The lowest BCUT2D eigenvalue weighted by Crippen LogP contribution is -2.43. The minimum absolute atomic E-state index is 0.131. The molecular formula is C21H23NO7S. The van der Waals surface area contributed by atoms with Gasteiger partial charge in [-0.15, -0.1) is 0 Å². The number of esters is 1. The Bertz CT molecular complexity index is 1020. The monoisotopic (exact) mass is 433 g/mol. The Kier molecular flexibility index (Phi) is 5.68. The fraction of sp³-hybridized carbons (Fsp3) is 0.381. The van der Waals surface area contributed by atoms with Crippen molar-refractivity contribution in [3.63, 3.8) is 0 Å². The van der Waals surface area contributed by atoms with Gasteiger partial charge in [0.1, 0.15) is 6.10 Å². The van der Waals surface area contributed by atoms with Crippen molar-refractivity contribution in [3.05, 3.63) is 54.1 Å². The largest absolute Gasteiger partial charge is 0.485 e. The summed E-state index contributed by atoms with van der Waals surface area (Å²) in [5.41, 5.74) is 0.735.